The van der Waals surface area contributed by atoms with Crippen LogP contribution in [0.15, 0.2) is 29.3 Å². The lowest BCUT2D eigenvalue weighted by molar-refractivity contribution is 1.01. The summed E-state index contributed by atoms with van der Waals surface area (Å²) in [5.74, 6) is 2.07. The highest BCUT2D eigenvalue weighted by atomic mass is 14.9. The average molecular weight is 158 g/mol. The number of rotatable bonds is 0. The molecule has 3 rings (SSSR count). The van der Waals surface area contributed by atoms with Crippen LogP contribution >= 0.6 is 0 Å². The normalized spacial score (nSPS) is 30.2. The van der Waals surface area contributed by atoms with Gasteiger partial charge < -0.3 is 5.73 Å². The van der Waals surface area contributed by atoms with E-state index in [-0.39, 0.29) is 0 Å². The summed E-state index contributed by atoms with van der Waals surface area (Å²) in [7, 11) is 0. The van der Waals surface area contributed by atoms with Crippen LogP contribution in [0.3, 0.4) is 0 Å². The summed E-state index contributed by atoms with van der Waals surface area (Å²) in [5.41, 5.74) is 8.25. The first-order valence-corrected chi connectivity index (χ1v) is 4.29. The molecule has 1 aromatic rings. The molecule has 60 valence electrons. The first-order chi connectivity index (χ1) is 5.86. The fourth-order valence-electron chi connectivity index (χ4n) is 1.99. The van der Waals surface area contributed by atoms with Crippen LogP contribution in [-0.4, -0.2) is 5.84 Å². The Labute approximate surface area is 71.1 Å². The van der Waals surface area contributed by atoms with Crippen molar-refractivity contribution in [1.82, 2.24) is 0 Å². The molecule has 2 atom stereocenters. The number of hydrogen-bond acceptors (Lipinski definition) is 2. The Morgan fingerprint density at radius 2 is 2.08 bits per heavy atom. The first kappa shape index (κ1) is 6.23. The van der Waals surface area contributed by atoms with E-state index in [1.54, 1.807) is 0 Å². The van der Waals surface area contributed by atoms with Gasteiger partial charge in [0.25, 0.3) is 0 Å². The van der Waals surface area contributed by atoms with E-state index in [0.717, 1.165) is 11.5 Å². The third-order valence-electron chi connectivity index (χ3n) is 2.76. The molecule has 0 spiro atoms. The van der Waals surface area contributed by atoms with Gasteiger partial charge in [-0.2, -0.15) is 0 Å². The highest BCUT2D eigenvalue weighted by Gasteiger charge is 2.44. The van der Waals surface area contributed by atoms with Crippen molar-refractivity contribution in [2.24, 2.45) is 16.6 Å². The van der Waals surface area contributed by atoms with Crippen LogP contribution in [0.5, 0.6) is 0 Å². The maximum absolute atomic E-state index is 5.78. The van der Waals surface area contributed by atoms with Gasteiger partial charge in [0.1, 0.15) is 5.84 Å². The maximum atomic E-state index is 5.78. The second-order valence-electron chi connectivity index (χ2n) is 3.54. The predicted molar refractivity (Wildman–Crippen MR) is 48.6 cm³/mol. The number of hydrogen-bond donors (Lipinski definition) is 1. The van der Waals surface area contributed by atoms with E-state index in [1.165, 1.54) is 12.0 Å². The van der Waals surface area contributed by atoms with Crippen molar-refractivity contribution in [2.45, 2.75) is 12.3 Å². The molecule has 2 N–H and O–H groups in total. The Kier molecular flexibility index (Phi) is 0.980. The van der Waals surface area contributed by atoms with Crippen LogP contribution in [0.25, 0.3) is 0 Å². The lowest BCUT2D eigenvalue weighted by atomic mass is 10.0. The molecule has 0 saturated heterocycles. The molecule has 0 radical (unpaired) electrons. The van der Waals surface area contributed by atoms with Crippen LogP contribution in [-0.2, 0) is 0 Å². The molecule has 0 aromatic heterocycles. The van der Waals surface area contributed by atoms with Gasteiger partial charge in [-0.15, -0.1) is 0 Å². The van der Waals surface area contributed by atoms with Crippen molar-refractivity contribution in [1.29, 1.82) is 0 Å². The van der Waals surface area contributed by atoms with Gasteiger partial charge in [-0.3, -0.25) is 0 Å². The molecule has 2 aliphatic rings. The first-order valence-electron chi connectivity index (χ1n) is 4.29. The molecule has 1 saturated carbocycles. The van der Waals surface area contributed by atoms with Gasteiger partial charge in [-0.05, 0) is 24.0 Å². The van der Waals surface area contributed by atoms with Gasteiger partial charge in [0.15, 0.2) is 0 Å². The molecule has 2 heteroatoms. The molecule has 0 amide bonds. The van der Waals surface area contributed by atoms with Crippen molar-refractivity contribution in [3.05, 3.63) is 29.8 Å². The van der Waals surface area contributed by atoms with Gasteiger partial charge in [-0.1, -0.05) is 18.2 Å². The van der Waals surface area contributed by atoms with Gasteiger partial charge in [0.05, 0.1) is 5.69 Å². The van der Waals surface area contributed by atoms with Crippen molar-refractivity contribution in [2.75, 3.05) is 0 Å². The zero-order chi connectivity index (χ0) is 8.13. The van der Waals surface area contributed by atoms with E-state index >= 15 is 0 Å². The van der Waals surface area contributed by atoms with E-state index in [4.69, 9.17) is 5.73 Å². The number of nitrogens with zero attached hydrogens (tertiary/aromatic N) is 1. The summed E-state index contributed by atoms with van der Waals surface area (Å²) in [6.45, 7) is 0. The molecule has 2 nitrogen and oxygen atoms in total. The smallest absolute Gasteiger partial charge is 0.103 e. The van der Waals surface area contributed by atoms with E-state index in [0.29, 0.717) is 11.8 Å². The van der Waals surface area contributed by atoms with Crippen LogP contribution in [0.4, 0.5) is 5.69 Å². The molecular weight excluding hydrogens is 148 g/mol. The second kappa shape index (κ2) is 1.89. The molecule has 1 heterocycles. The highest BCUT2D eigenvalue weighted by Crippen LogP contribution is 2.53. The molecular formula is C10H10N2. The number of nitrogens with two attached hydrogens (primary N) is 1. The van der Waals surface area contributed by atoms with E-state index < -0.39 is 0 Å². The third-order valence-corrected chi connectivity index (χ3v) is 2.76. The quantitative estimate of drug-likeness (QED) is 0.614. The summed E-state index contributed by atoms with van der Waals surface area (Å²) in [5, 5.41) is 0. The predicted octanol–water partition coefficient (Wildman–Crippen LogP) is 1.79. The Morgan fingerprint density at radius 1 is 1.25 bits per heavy atom. The van der Waals surface area contributed by atoms with Crippen molar-refractivity contribution < 1.29 is 0 Å². The van der Waals surface area contributed by atoms with Gasteiger partial charge in [0, 0.05) is 5.92 Å². The number of fused-ring (bicyclic) bond motifs is 3. The van der Waals surface area contributed by atoms with Gasteiger partial charge in [0.2, 0.25) is 0 Å². The summed E-state index contributed by atoms with van der Waals surface area (Å²) < 4.78 is 0. The standard InChI is InChI=1S/C10H10N2/c11-10-8-5-7(8)6-3-1-2-4-9(6)12-10/h1-4,7-8H,5H2,(H2,11,12)/t7-,8-/m0/s1. The number of aliphatic imine (C=N–C) groups is 1. The number of amidine groups is 1. The van der Waals surface area contributed by atoms with Gasteiger partial charge >= 0.3 is 0 Å². The lowest BCUT2D eigenvalue weighted by Crippen LogP contribution is -2.16. The van der Waals surface area contributed by atoms with E-state index in [1.807, 2.05) is 12.1 Å². The summed E-state index contributed by atoms with van der Waals surface area (Å²) >= 11 is 0. The van der Waals surface area contributed by atoms with Crippen molar-refractivity contribution in [3.63, 3.8) is 0 Å². The van der Waals surface area contributed by atoms with E-state index in [2.05, 4.69) is 17.1 Å². The molecule has 0 bridgehead atoms. The Morgan fingerprint density at radius 3 is 3.00 bits per heavy atom. The Hall–Kier alpha value is -1.31. The van der Waals surface area contributed by atoms with Gasteiger partial charge in [-0.25, -0.2) is 4.99 Å². The highest BCUT2D eigenvalue weighted by molar-refractivity contribution is 5.92. The fourth-order valence-corrected chi connectivity index (χ4v) is 1.99. The van der Waals surface area contributed by atoms with Crippen molar-refractivity contribution in [3.8, 4) is 0 Å². The molecule has 1 aliphatic heterocycles. The van der Waals surface area contributed by atoms with Crippen molar-refractivity contribution >= 4 is 11.5 Å². The molecule has 0 unspecified atom stereocenters. The lowest BCUT2D eigenvalue weighted by Gasteiger charge is -2.10. The monoisotopic (exact) mass is 158 g/mol. The van der Waals surface area contributed by atoms with Crippen LogP contribution in [0.1, 0.15) is 17.9 Å². The number of para-hydroxylation sites is 1. The number of benzene rings is 1. The van der Waals surface area contributed by atoms with Crippen LogP contribution in [0, 0.1) is 5.92 Å². The second-order valence-corrected chi connectivity index (χ2v) is 3.54. The molecule has 12 heavy (non-hydrogen) atoms. The molecule has 1 fully saturated rings. The summed E-state index contributed by atoms with van der Waals surface area (Å²) in [6, 6.07) is 8.29. The minimum absolute atomic E-state index is 0.555. The topological polar surface area (TPSA) is 38.4 Å². The Balaban J connectivity index is 2.23. The minimum Gasteiger partial charge on any atom is -0.387 e. The summed E-state index contributed by atoms with van der Waals surface area (Å²) in [4.78, 5) is 4.36. The van der Waals surface area contributed by atoms with Crippen LogP contribution in [0.2, 0.25) is 0 Å². The molecule has 1 aliphatic carbocycles. The Bertz CT molecular complexity index is 368. The molecule has 1 aromatic carbocycles. The van der Waals surface area contributed by atoms with E-state index in [9.17, 15) is 0 Å². The third kappa shape index (κ3) is 0.670. The SMILES string of the molecule is NC1=Nc2ccccc2[C@@H]2C[C@H]12. The average Bonchev–Trinajstić information content (AvgIpc) is 2.84. The summed E-state index contributed by atoms with van der Waals surface area (Å²) in [6.07, 6.45) is 1.20. The zero-order valence-electron chi connectivity index (χ0n) is 6.70. The largest absolute Gasteiger partial charge is 0.387 e. The maximum Gasteiger partial charge on any atom is 0.103 e. The van der Waals surface area contributed by atoms with Crippen LogP contribution < -0.4 is 5.73 Å². The minimum atomic E-state index is 0.555. The fraction of sp³-hybridized carbons (Fsp3) is 0.300. The zero-order valence-corrected chi connectivity index (χ0v) is 6.70.